The number of esters is 2. The third-order valence-electron chi connectivity index (χ3n) is 3.38. The summed E-state index contributed by atoms with van der Waals surface area (Å²) < 4.78 is 84.1. The molecule has 0 aromatic carbocycles. The van der Waals surface area contributed by atoms with Gasteiger partial charge in [0.05, 0.1) is 0 Å². The first kappa shape index (κ1) is 26.3. The Kier molecular flexibility index (Phi) is 11.9. The maximum atomic E-state index is 13.0. The van der Waals surface area contributed by atoms with Gasteiger partial charge in [0.1, 0.15) is 13.2 Å². The van der Waals surface area contributed by atoms with Gasteiger partial charge in [-0.25, -0.2) is 35.9 Å². The molecule has 0 aromatic heterocycles. The fourth-order valence-electron chi connectivity index (χ4n) is 2.11. The zero-order valence-electron chi connectivity index (χ0n) is 16.2. The van der Waals surface area contributed by atoms with Crippen molar-refractivity contribution in [2.24, 2.45) is 11.8 Å². The molecule has 0 spiro atoms. The predicted octanol–water partition coefficient (Wildman–Crippen LogP) is 4.67. The van der Waals surface area contributed by atoms with Crippen molar-refractivity contribution >= 4 is 11.9 Å². The van der Waals surface area contributed by atoms with Gasteiger partial charge in [-0.05, 0) is 24.7 Å². The summed E-state index contributed by atoms with van der Waals surface area (Å²) in [6.07, 6.45) is -12.1. The van der Waals surface area contributed by atoms with E-state index in [4.69, 9.17) is 0 Å². The summed E-state index contributed by atoms with van der Waals surface area (Å²) in [5, 5.41) is 0. The molecule has 10 heteroatoms. The summed E-state index contributed by atoms with van der Waals surface area (Å²) in [7, 11) is 0. The summed E-state index contributed by atoms with van der Waals surface area (Å²) in [6, 6.07) is 0. The van der Waals surface area contributed by atoms with E-state index in [1.54, 1.807) is 27.7 Å². The second-order valence-electron chi connectivity index (χ2n) is 7.05. The van der Waals surface area contributed by atoms with Crippen molar-refractivity contribution in [2.45, 2.75) is 65.7 Å². The van der Waals surface area contributed by atoms with Gasteiger partial charge in [-0.2, -0.15) is 0 Å². The lowest BCUT2D eigenvalue weighted by Crippen LogP contribution is -2.26. The molecule has 28 heavy (non-hydrogen) atoms. The second-order valence-corrected chi connectivity index (χ2v) is 7.05. The number of halogens is 6. The fourth-order valence-corrected chi connectivity index (χ4v) is 2.11. The molecule has 0 radical (unpaired) electrons. The van der Waals surface area contributed by atoms with Crippen LogP contribution in [0.25, 0.3) is 0 Å². The molecule has 0 aliphatic heterocycles. The molecule has 0 fully saturated rings. The van der Waals surface area contributed by atoms with Crippen molar-refractivity contribution in [1.29, 1.82) is 0 Å². The van der Waals surface area contributed by atoms with Gasteiger partial charge in [-0.15, -0.1) is 0 Å². The van der Waals surface area contributed by atoms with Crippen LogP contribution in [-0.4, -0.2) is 50.3 Å². The van der Waals surface area contributed by atoms with E-state index in [1.165, 1.54) is 0 Å². The topological polar surface area (TPSA) is 52.6 Å². The number of hydrogen-bond acceptors (Lipinski definition) is 4. The highest BCUT2D eigenvalue weighted by Gasteiger charge is 2.29. The van der Waals surface area contributed by atoms with Gasteiger partial charge >= 0.3 is 11.9 Å². The summed E-state index contributed by atoms with van der Waals surface area (Å²) in [5.41, 5.74) is -0.467. The van der Waals surface area contributed by atoms with Crippen LogP contribution in [0.5, 0.6) is 0 Å². The van der Waals surface area contributed by atoms with E-state index in [9.17, 15) is 35.9 Å². The molecule has 0 N–H and O–H groups in total. The summed E-state index contributed by atoms with van der Waals surface area (Å²) in [5.74, 6) is -2.75. The van der Waals surface area contributed by atoms with Gasteiger partial charge in [-0.1, -0.05) is 27.7 Å². The van der Waals surface area contributed by atoms with Crippen molar-refractivity contribution in [3.63, 3.8) is 0 Å². The number of ether oxygens (including phenoxy) is 2. The molecule has 0 heterocycles. The zero-order valence-corrected chi connectivity index (χ0v) is 16.2. The van der Waals surface area contributed by atoms with E-state index in [2.05, 4.69) is 9.47 Å². The van der Waals surface area contributed by atoms with Gasteiger partial charge < -0.3 is 9.47 Å². The van der Waals surface area contributed by atoms with Crippen LogP contribution >= 0.6 is 0 Å². The van der Waals surface area contributed by atoms with Crippen molar-refractivity contribution in [2.75, 3.05) is 13.2 Å². The van der Waals surface area contributed by atoms with Crippen LogP contribution in [0.1, 0.15) is 40.5 Å². The molecule has 0 aromatic rings. The van der Waals surface area contributed by atoms with Crippen LogP contribution in [0.4, 0.5) is 26.3 Å². The molecule has 0 amide bonds. The quantitative estimate of drug-likeness (QED) is 0.262. The van der Waals surface area contributed by atoms with Crippen LogP contribution in [0.3, 0.4) is 0 Å². The molecular weight excluding hydrogens is 394 g/mol. The summed E-state index contributed by atoms with van der Waals surface area (Å²) in [6.45, 7) is 4.35. The average molecular weight is 420 g/mol. The Balaban J connectivity index is 5.63. The Morgan fingerprint density at radius 2 is 0.929 bits per heavy atom. The zero-order chi connectivity index (χ0) is 22.0. The lowest BCUT2D eigenvalue weighted by atomic mass is 9.92. The van der Waals surface area contributed by atoms with Crippen molar-refractivity contribution in [1.82, 2.24) is 0 Å². The van der Waals surface area contributed by atoms with E-state index in [-0.39, 0.29) is 35.8 Å². The smallest absolute Gasteiger partial charge is 0.334 e. The highest BCUT2D eigenvalue weighted by atomic mass is 19.3. The number of hydrogen-bond donors (Lipinski definition) is 0. The van der Waals surface area contributed by atoms with E-state index in [0.717, 1.165) is 0 Å². The molecule has 164 valence electrons. The summed E-state index contributed by atoms with van der Waals surface area (Å²) >= 11 is 0. The second kappa shape index (κ2) is 12.7. The van der Waals surface area contributed by atoms with Crippen LogP contribution in [0, 0.1) is 11.8 Å². The Morgan fingerprint density at radius 3 is 1.14 bits per heavy atom. The highest BCUT2D eigenvalue weighted by molar-refractivity contribution is 6.00. The number of alkyl halides is 6. The minimum atomic E-state index is -3.35. The Labute approximate surface area is 160 Å². The molecule has 2 atom stereocenters. The standard InChI is InChI=1S/C18H26F6O4/c1-9(2)5-11(17(25)27-7-13(19)15(21)22)12(6-10(3)4)18(26)28-8-14(20)16(23)24/h9-10,13-16H,5-8H2,1-4H3. The minimum absolute atomic E-state index is 0.0322. The first-order chi connectivity index (χ1) is 12.9. The molecular formula is C18H26F6O4. The number of rotatable bonds is 12. The molecule has 0 bridgehead atoms. The first-order valence-electron chi connectivity index (χ1n) is 8.77. The lowest BCUT2D eigenvalue weighted by molar-refractivity contribution is -0.146. The van der Waals surface area contributed by atoms with Gasteiger partial charge in [0.2, 0.25) is 0 Å². The van der Waals surface area contributed by atoms with E-state index >= 15 is 0 Å². The molecule has 0 rings (SSSR count). The Hall–Kier alpha value is -1.74. The van der Waals surface area contributed by atoms with E-state index in [1.807, 2.05) is 0 Å². The van der Waals surface area contributed by atoms with Gasteiger partial charge in [-0.3, -0.25) is 0 Å². The van der Waals surface area contributed by atoms with Gasteiger partial charge in [0.15, 0.2) is 12.3 Å². The van der Waals surface area contributed by atoms with Crippen molar-refractivity contribution < 1.29 is 45.4 Å². The number of carbonyl (C=O) groups is 2. The monoisotopic (exact) mass is 420 g/mol. The predicted molar refractivity (Wildman–Crippen MR) is 89.7 cm³/mol. The van der Waals surface area contributed by atoms with Crippen molar-refractivity contribution in [3.05, 3.63) is 11.1 Å². The summed E-state index contributed by atoms with van der Waals surface area (Å²) in [4.78, 5) is 24.6. The maximum Gasteiger partial charge on any atom is 0.334 e. The Morgan fingerprint density at radius 1 is 0.643 bits per heavy atom. The largest absolute Gasteiger partial charge is 0.459 e. The molecule has 0 saturated heterocycles. The SMILES string of the molecule is CC(C)CC(C(=O)OCC(F)C(F)F)=C(CC(C)C)C(=O)OCC(F)C(F)F. The molecule has 4 nitrogen and oxygen atoms in total. The average Bonchev–Trinajstić information content (AvgIpc) is 2.58. The van der Waals surface area contributed by atoms with Crippen molar-refractivity contribution in [3.8, 4) is 0 Å². The maximum absolute atomic E-state index is 13.0. The van der Waals surface area contributed by atoms with E-state index in [0.29, 0.717) is 0 Å². The minimum Gasteiger partial charge on any atom is -0.459 e. The lowest BCUT2D eigenvalue weighted by Gasteiger charge is -2.18. The normalized spacial score (nSPS) is 15.1. The molecule has 0 aliphatic rings. The Bertz CT molecular complexity index is 488. The van der Waals surface area contributed by atoms with Gasteiger partial charge in [0.25, 0.3) is 12.9 Å². The van der Waals surface area contributed by atoms with E-state index < -0.39 is 50.3 Å². The van der Waals surface area contributed by atoms with Gasteiger partial charge in [0, 0.05) is 11.1 Å². The molecule has 2 unspecified atom stereocenters. The number of carbonyl (C=O) groups excluding carboxylic acids is 2. The fraction of sp³-hybridized carbons (Fsp3) is 0.778. The molecule has 0 saturated carbocycles. The molecule has 0 aliphatic carbocycles. The van der Waals surface area contributed by atoms with Crippen LogP contribution < -0.4 is 0 Å². The third kappa shape index (κ3) is 9.98. The van der Waals surface area contributed by atoms with Crippen LogP contribution in [0.2, 0.25) is 0 Å². The highest BCUT2D eigenvalue weighted by Crippen LogP contribution is 2.24. The van der Waals surface area contributed by atoms with Crippen LogP contribution in [-0.2, 0) is 19.1 Å². The third-order valence-corrected chi connectivity index (χ3v) is 3.38. The van der Waals surface area contributed by atoms with Crippen LogP contribution in [0.15, 0.2) is 11.1 Å². The first-order valence-corrected chi connectivity index (χ1v) is 8.77.